The lowest BCUT2D eigenvalue weighted by Crippen LogP contribution is -2.46. The molecular formula is C15H20N2O4. The number of benzene rings is 1. The summed E-state index contributed by atoms with van der Waals surface area (Å²) in [5.41, 5.74) is 7.43. The van der Waals surface area contributed by atoms with Crippen LogP contribution in [-0.4, -0.2) is 49.2 Å². The van der Waals surface area contributed by atoms with E-state index in [9.17, 15) is 9.59 Å². The first-order valence-electron chi connectivity index (χ1n) is 6.92. The summed E-state index contributed by atoms with van der Waals surface area (Å²) < 4.78 is 10.4. The van der Waals surface area contributed by atoms with Gasteiger partial charge in [0.2, 0.25) is 0 Å². The fourth-order valence-electron chi connectivity index (χ4n) is 2.25. The highest BCUT2D eigenvalue weighted by Gasteiger charge is 2.25. The van der Waals surface area contributed by atoms with Gasteiger partial charge in [-0.25, -0.2) is 4.79 Å². The monoisotopic (exact) mass is 292 g/mol. The third kappa shape index (κ3) is 3.95. The number of nitrogens with two attached hydrogens (primary N) is 1. The third-order valence-electron chi connectivity index (χ3n) is 3.29. The van der Waals surface area contributed by atoms with E-state index in [2.05, 4.69) is 0 Å². The molecule has 1 amide bonds. The Morgan fingerprint density at radius 3 is 2.57 bits per heavy atom. The molecule has 0 bridgehead atoms. The molecule has 0 spiro atoms. The lowest BCUT2D eigenvalue weighted by Gasteiger charge is -2.29. The molecule has 1 aliphatic heterocycles. The van der Waals surface area contributed by atoms with Gasteiger partial charge in [-0.3, -0.25) is 4.79 Å². The van der Waals surface area contributed by atoms with Crippen molar-refractivity contribution in [1.82, 2.24) is 4.90 Å². The van der Waals surface area contributed by atoms with Crippen LogP contribution in [0.2, 0.25) is 0 Å². The van der Waals surface area contributed by atoms with Gasteiger partial charge in [0.05, 0.1) is 18.8 Å². The number of amides is 1. The molecule has 1 aromatic carbocycles. The summed E-state index contributed by atoms with van der Waals surface area (Å²) in [5, 5.41) is 0. The minimum atomic E-state index is -0.822. The smallest absolute Gasteiger partial charge is 0.338 e. The van der Waals surface area contributed by atoms with Crippen molar-refractivity contribution in [3.8, 4) is 0 Å². The van der Waals surface area contributed by atoms with Crippen LogP contribution in [0.3, 0.4) is 0 Å². The number of morpholine rings is 1. The van der Waals surface area contributed by atoms with E-state index in [0.29, 0.717) is 37.6 Å². The molecule has 114 valence electrons. The first-order valence-corrected chi connectivity index (χ1v) is 6.92. The Morgan fingerprint density at radius 1 is 1.29 bits per heavy atom. The Kier molecular flexibility index (Phi) is 4.80. The number of esters is 1. The summed E-state index contributed by atoms with van der Waals surface area (Å²) >= 11 is 0. The molecule has 0 saturated carbocycles. The van der Waals surface area contributed by atoms with Crippen LogP contribution < -0.4 is 5.73 Å². The first-order chi connectivity index (χ1) is 9.97. The van der Waals surface area contributed by atoms with Gasteiger partial charge in [-0.1, -0.05) is 0 Å². The summed E-state index contributed by atoms with van der Waals surface area (Å²) in [7, 11) is 0. The number of hydrogen-bond donors (Lipinski definition) is 1. The zero-order chi connectivity index (χ0) is 15.4. The quantitative estimate of drug-likeness (QED) is 0.663. The van der Waals surface area contributed by atoms with E-state index in [1.54, 1.807) is 30.0 Å². The Morgan fingerprint density at radius 2 is 1.95 bits per heavy atom. The first kappa shape index (κ1) is 15.3. The molecule has 1 heterocycles. The lowest BCUT2D eigenvalue weighted by atomic mass is 10.1. The second kappa shape index (κ2) is 6.58. The van der Waals surface area contributed by atoms with Crippen LogP contribution in [0.5, 0.6) is 0 Å². The summed E-state index contributed by atoms with van der Waals surface area (Å²) in [5.74, 6) is -0.744. The molecule has 0 aliphatic carbocycles. The van der Waals surface area contributed by atoms with Crippen molar-refractivity contribution in [2.75, 3.05) is 32.0 Å². The molecule has 0 aromatic heterocycles. The normalized spacial score (nSPS) is 16.4. The van der Waals surface area contributed by atoms with Crippen molar-refractivity contribution >= 4 is 17.6 Å². The minimum absolute atomic E-state index is 0.202. The molecule has 2 rings (SSSR count). The molecule has 1 aliphatic rings. The van der Waals surface area contributed by atoms with Crippen molar-refractivity contribution < 1.29 is 19.1 Å². The van der Waals surface area contributed by atoms with E-state index in [-0.39, 0.29) is 5.91 Å². The second-order valence-corrected chi connectivity index (χ2v) is 5.12. The molecule has 2 N–H and O–H groups in total. The molecule has 1 fully saturated rings. The van der Waals surface area contributed by atoms with E-state index >= 15 is 0 Å². The van der Waals surface area contributed by atoms with Gasteiger partial charge in [0.1, 0.15) is 0 Å². The molecule has 6 heteroatoms. The largest absolute Gasteiger partial charge is 0.449 e. The molecule has 21 heavy (non-hydrogen) atoms. The van der Waals surface area contributed by atoms with Gasteiger partial charge in [0.25, 0.3) is 5.91 Å². The molecular weight excluding hydrogens is 272 g/mol. The maximum atomic E-state index is 12.2. The van der Waals surface area contributed by atoms with Gasteiger partial charge in [-0.05, 0) is 37.6 Å². The zero-order valence-electron chi connectivity index (χ0n) is 12.3. The van der Waals surface area contributed by atoms with Gasteiger partial charge in [0, 0.05) is 18.8 Å². The van der Waals surface area contributed by atoms with Gasteiger partial charge in [-0.15, -0.1) is 0 Å². The average molecular weight is 292 g/mol. The highest BCUT2D eigenvalue weighted by atomic mass is 16.5. The van der Waals surface area contributed by atoms with Crippen molar-refractivity contribution in [3.63, 3.8) is 0 Å². The van der Waals surface area contributed by atoms with Crippen LogP contribution in [0.15, 0.2) is 18.2 Å². The van der Waals surface area contributed by atoms with Gasteiger partial charge < -0.3 is 20.1 Å². The number of nitrogen functional groups attached to an aromatic ring is 1. The van der Waals surface area contributed by atoms with Crippen molar-refractivity contribution in [3.05, 3.63) is 29.3 Å². The van der Waals surface area contributed by atoms with E-state index in [0.717, 1.165) is 5.56 Å². The van der Waals surface area contributed by atoms with E-state index in [1.807, 2.05) is 6.92 Å². The SMILES string of the molecule is Cc1cc(N)cc(C(=O)OC(C)C(=O)N2CCOCC2)c1. The van der Waals surface area contributed by atoms with Crippen LogP contribution in [-0.2, 0) is 14.3 Å². The maximum absolute atomic E-state index is 12.2. The Hall–Kier alpha value is -2.08. The van der Waals surface area contributed by atoms with Crippen LogP contribution in [0, 0.1) is 6.92 Å². The summed E-state index contributed by atoms with van der Waals surface area (Å²) in [4.78, 5) is 25.9. The number of ether oxygens (including phenoxy) is 2. The van der Waals surface area contributed by atoms with E-state index < -0.39 is 12.1 Å². The van der Waals surface area contributed by atoms with Crippen molar-refractivity contribution in [1.29, 1.82) is 0 Å². The number of nitrogens with zero attached hydrogens (tertiary/aromatic N) is 1. The Labute approximate surface area is 123 Å². The third-order valence-corrected chi connectivity index (χ3v) is 3.29. The zero-order valence-corrected chi connectivity index (χ0v) is 12.3. The number of aryl methyl sites for hydroxylation is 1. The van der Waals surface area contributed by atoms with E-state index in [4.69, 9.17) is 15.2 Å². The Bertz CT molecular complexity index is 518. The predicted molar refractivity (Wildman–Crippen MR) is 77.9 cm³/mol. The van der Waals surface area contributed by atoms with Crippen LogP contribution in [0.4, 0.5) is 5.69 Å². The van der Waals surface area contributed by atoms with Crippen molar-refractivity contribution in [2.45, 2.75) is 20.0 Å². The highest BCUT2D eigenvalue weighted by Crippen LogP contribution is 2.14. The number of carbonyl (C=O) groups excluding carboxylic acids is 2. The molecule has 1 saturated heterocycles. The summed E-state index contributed by atoms with van der Waals surface area (Å²) in [6.07, 6.45) is -0.822. The topological polar surface area (TPSA) is 81.9 Å². The predicted octanol–water partition coefficient (Wildman–Crippen LogP) is 0.981. The molecule has 1 unspecified atom stereocenters. The fraction of sp³-hybridized carbons (Fsp3) is 0.467. The summed E-state index contributed by atoms with van der Waals surface area (Å²) in [6, 6.07) is 4.99. The molecule has 6 nitrogen and oxygen atoms in total. The molecule has 1 aromatic rings. The number of rotatable bonds is 3. The Balaban J connectivity index is 1.99. The van der Waals surface area contributed by atoms with Gasteiger partial charge in [0.15, 0.2) is 6.10 Å². The number of anilines is 1. The minimum Gasteiger partial charge on any atom is -0.449 e. The number of hydrogen-bond acceptors (Lipinski definition) is 5. The van der Waals surface area contributed by atoms with Crippen LogP contribution in [0.25, 0.3) is 0 Å². The van der Waals surface area contributed by atoms with Crippen LogP contribution >= 0.6 is 0 Å². The lowest BCUT2D eigenvalue weighted by molar-refractivity contribution is -0.143. The molecule has 0 radical (unpaired) electrons. The van der Waals surface area contributed by atoms with Crippen LogP contribution in [0.1, 0.15) is 22.8 Å². The fourth-order valence-corrected chi connectivity index (χ4v) is 2.25. The van der Waals surface area contributed by atoms with Crippen molar-refractivity contribution in [2.24, 2.45) is 0 Å². The highest BCUT2D eigenvalue weighted by molar-refractivity contribution is 5.93. The average Bonchev–Trinajstić information content (AvgIpc) is 2.46. The van der Waals surface area contributed by atoms with E-state index in [1.165, 1.54) is 0 Å². The number of carbonyl (C=O) groups is 2. The molecule has 1 atom stereocenters. The summed E-state index contributed by atoms with van der Waals surface area (Å²) in [6.45, 7) is 5.50. The van der Waals surface area contributed by atoms with Gasteiger partial charge >= 0.3 is 5.97 Å². The maximum Gasteiger partial charge on any atom is 0.338 e. The second-order valence-electron chi connectivity index (χ2n) is 5.12. The standard InChI is InChI=1S/C15H20N2O4/c1-10-7-12(9-13(16)8-10)15(19)21-11(2)14(18)17-3-5-20-6-4-17/h7-9,11H,3-6,16H2,1-2H3. The van der Waals surface area contributed by atoms with Gasteiger partial charge in [-0.2, -0.15) is 0 Å².